The van der Waals surface area contributed by atoms with Crippen LogP contribution in [0.15, 0.2) is 58.8 Å². The number of tetrazole rings is 2. The van der Waals surface area contributed by atoms with Crippen molar-refractivity contribution >= 4 is 21.6 Å². The highest BCUT2D eigenvalue weighted by Crippen LogP contribution is 2.46. The van der Waals surface area contributed by atoms with Crippen molar-refractivity contribution < 1.29 is 0 Å². The van der Waals surface area contributed by atoms with E-state index in [0.29, 0.717) is 11.6 Å². The average molecular weight is 627 g/mol. The average Bonchev–Trinajstić information content (AvgIpc) is 3.80. The minimum absolute atomic E-state index is 0.0816. The molecule has 0 aliphatic rings. The lowest BCUT2D eigenvalue weighted by molar-refractivity contribution is 0.455. The molecule has 6 rings (SSSR count). The van der Waals surface area contributed by atoms with Crippen molar-refractivity contribution in [1.29, 1.82) is 0 Å². The Hall–Kier alpha value is -4.30. The fourth-order valence-corrected chi connectivity index (χ4v) is 6.91. The molecule has 226 valence electrons. The van der Waals surface area contributed by atoms with Crippen LogP contribution < -0.4 is 0 Å². The molecule has 12 nitrogen and oxygen atoms in total. The predicted octanol–water partition coefficient (Wildman–Crippen LogP) is 6.56. The minimum Gasteiger partial charge on any atom is -0.226 e. The van der Waals surface area contributed by atoms with Gasteiger partial charge in [-0.15, -0.1) is 20.4 Å². The first kappa shape index (κ1) is 29.8. The summed E-state index contributed by atoms with van der Waals surface area (Å²) >= 11 is 0. The molecular weight excluding hydrogens is 593 g/mol. The van der Waals surface area contributed by atoms with Gasteiger partial charge in [-0.1, -0.05) is 12.1 Å². The van der Waals surface area contributed by atoms with Crippen molar-refractivity contribution in [3.63, 3.8) is 0 Å². The molecular formula is C30H34N12S2. The van der Waals surface area contributed by atoms with Crippen LogP contribution in [0, 0.1) is 27.7 Å². The van der Waals surface area contributed by atoms with Crippen LogP contribution in [0.2, 0.25) is 0 Å². The van der Waals surface area contributed by atoms with E-state index in [1.807, 2.05) is 37.1 Å². The summed E-state index contributed by atoms with van der Waals surface area (Å²) in [6.07, 6.45) is 3.61. The lowest BCUT2D eigenvalue weighted by atomic mass is 10.1. The molecule has 0 N–H and O–H groups in total. The first-order valence-corrected chi connectivity index (χ1v) is 16.5. The predicted molar refractivity (Wildman–Crippen MR) is 172 cm³/mol. The lowest BCUT2D eigenvalue weighted by Gasteiger charge is -2.12. The monoisotopic (exact) mass is 626 g/mol. The Balaban J connectivity index is 1.46. The van der Waals surface area contributed by atoms with E-state index in [-0.39, 0.29) is 12.1 Å². The van der Waals surface area contributed by atoms with Crippen LogP contribution >= 0.6 is 21.6 Å². The Bertz CT molecular complexity index is 1800. The molecule has 4 heterocycles. The Morgan fingerprint density at radius 1 is 0.568 bits per heavy atom. The number of hydrogen-bond donors (Lipinski definition) is 0. The number of nitrogens with zero attached hydrogens (tertiary/aromatic N) is 12. The van der Waals surface area contributed by atoms with Gasteiger partial charge < -0.3 is 0 Å². The summed E-state index contributed by atoms with van der Waals surface area (Å²) in [7, 11) is 3.10. The molecule has 0 radical (unpaired) electrons. The van der Waals surface area contributed by atoms with Crippen LogP contribution in [0.5, 0.6) is 0 Å². The molecule has 0 saturated heterocycles. The topological polar surface area (TPSA) is 123 Å². The Morgan fingerprint density at radius 2 is 0.977 bits per heavy atom. The summed E-state index contributed by atoms with van der Waals surface area (Å²) in [4.78, 5) is 3.22. The van der Waals surface area contributed by atoms with Crippen molar-refractivity contribution in [1.82, 2.24) is 60.0 Å². The fraction of sp³-hybridized carbons (Fsp3) is 0.333. The van der Waals surface area contributed by atoms with Gasteiger partial charge in [-0.25, -0.2) is 9.36 Å². The van der Waals surface area contributed by atoms with E-state index < -0.39 is 0 Å². The Labute approximate surface area is 263 Å². The zero-order valence-electron chi connectivity index (χ0n) is 26.0. The molecule has 0 saturated carbocycles. The molecule has 0 atom stereocenters. The Morgan fingerprint density at radius 3 is 1.32 bits per heavy atom. The summed E-state index contributed by atoms with van der Waals surface area (Å²) in [6, 6.07) is 12.8. The molecule has 0 unspecified atom stereocenters. The van der Waals surface area contributed by atoms with E-state index in [1.165, 1.54) is 22.3 Å². The third kappa shape index (κ3) is 5.66. The van der Waals surface area contributed by atoms with E-state index >= 15 is 0 Å². The number of aryl methyl sites for hydroxylation is 4. The summed E-state index contributed by atoms with van der Waals surface area (Å²) in [5, 5.41) is 37.9. The van der Waals surface area contributed by atoms with Gasteiger partial charge in [0.05, 0.1) is 47.0 Å². The van der Waals surface area contributed by atoms with Crippen LogP contribution in [0.25, 0.3) is 34.2 Å². The van der Waals surface area contributed by atoms with Crippen molar-refractivity contribution in [2.24, 2.45) is 0 Å². The third-order valence-electron chi connectivity index (χ3n) is 7.38. The van der Waals surface area contributed by atoms with Crippen molar-refractivity contribution in [3.05, 3.63) is 71.0 Å². The van der Waals surface area contributed by atoms with Gasteiger partial charge in [0.25, 0.3) is 0 Å². The van der Waals surface area contributed by atoms with E-state index in [2.05, 4.69) is 94.9 Å². The smallest absolute Gasteiger partial charge is 0.209 e. The van der Waals surface area contributed by atoms with Crippen LogP contribution in [0.3, 0.4) is 0 Å². The van der Waals surface area contributed by atoms with Gasteiger partial charge in [0, 0.05) is 0 Å². The van der Waals surface area contributed by atoms with Gasteiger partial charge in [0.2, 0.25) is 11.6 Å². The van der Waals surface area contributed by atoms with Crippen LogP contribution in [0.1, 0.15) is 62.0 Å². The van der Waals surface area contributed by atoms with Gasteiger partial charge in [0.15, 0.2) is 0 Å². The van der Waals surface area contributed by atoms with Crippen LogP contribution in [-0.4, -0.2) is 60.0 Å². The highest BCUT2D eigenvalue weighted by atomic mass is 33.1. The van der Waals surface area contributed by atoms with E-state index in [1.54, 1.807) is 43.6 Å². The van der Waals surface area contributed by atoms with Gasteiger partial charge in [-0.05, 0) is 134 Å². The maximum absolute atomic E-state index is 4.80. The van der Waals surface area contributed by atoms with Gasteiger partial charge in [-0.2, -0.15) is 19.8 Å². The molecule has 14 heteroatoms. The lowest BCUT2D eigenvalue weighted by Crippen LogP contribution is -2.04. The molecule has 0 amide bonds. The summed E-state index contributed by atoms with van der Waals surface area (Å²) in [5.41, 5.74) is 8.27. The second kappa shape index (κ2) is 12.0. The normalized spacial score (nSPS) is 11.8. The minimum atomic E-state index is 0.0816. The molecule has 44 heavy (non-hydrogen) atoms. The number of hydrogen-bond acceptors (Lipinski definition) is 10. The van der Waals surface area contributed by atoms with Crippen molar-refractivity contribution in [3.8, 4) is 34.2 Å². The maximum atomic E-state index is 4.80. The van der Waals surface area contributed by atoms with E-state index in [9.17, 15) is 0 Å². The van der Waals surface area contributed by atoms with Crippen LogP contribution in [-0.2, 0) is 0 Å². The molecule has 0 fully saturated rings. The first-order valence-electron chi connectivity index (χ1n) is 14.4. The SMILES string of the molecule is Cc1ccc(-n2ncc(-c3nnn(C(C)C)n3)c2SSc2c(-c3nnn(C(C)C)n3)cnn2-c2ccc(C)c(C)c2)cc1C. The standard InChI is InChI=1S/C30H34N12S2/c1-17(2)41-35-27(33-37-41)25-15-31-39(23-11-9-19(5)21(7)13-23)29(25)43-44-30-26(28-34-38-42(36-28)18(3)4)16-32-40(30)24-12-10-20(6)22(8)14-24/h9-18H,1-8H3. The molecule has 0 aliphatic heterocycles. The molecule has 0 aliphatic carbocycles. The summed E-state index contributed by atoms with van der Waals surface area (Å²) in [5.74, 6) is 1.03. The highest BCUT2D eigenvalue weighted by molar-refractivity contribution is 8.76. The molecule has 4 aromatic heterocycles. The van der Waals surface area contributed by atoms with Gasteiger partial charge in [-0.3, -0.25) is 0 Å². The number of aromatic nitrogens is 12. The van der Waals surface area contributed by atoms with Gasteiger partial charge >= 0.3 is 0 Å². The quantitative estimate of drug-likeness (QED) is 0.163. The largest absolute Gasteiger partial charge is 0.226 e. The zero-order valence-corrected chi connectivity index (χ0v) is 27.6. The van der Waals surface area contributed by atoms with Gasteiger partial charge in [0.1, 0.15) is 10.1 Å². The fourth-order valence-electron chi connectivity index (χ4n) is 4.41. The first-order chi connectivity index (χ1) is 21.1. The van der Waals surface area contributed by atoms with E-state index in [4.69, 9.17) is 10.2 Å². The maximum Gasteiger partial charge on any atom is 0.209 e. The molecule has 0 bridgehead atoms. The third-order valence-corrected chi connectivity index (χ3v) is 9.76. The summed E-state index contributed by atoms with van der Waals surface area (Å²) < 4.78 is 3.86. The number of benzene rings is 2. The Kier molecular flexibility index (Phi) is 8.12. The number of rotatable bonds is 9. The van der Waals surface area contributed by atoms with Crippen molar-refractivity contribution in [2.45, 2.75) is 77.5 Å². The second-order valence-corrected chi connectivity index (χ2v) is 13.4. The zero-order chi connectivity index (χ0) is 31.1. The summed E-state index contributed by atoms with van der Waals surface area (Å²) in [6.45, 7) is 16.5. The van der Waals surface area contributed by atoms with E-state index in [0.717, 1.165) is 32.6 Å². The van der Waals surface area contributed by atoms with Crippen LogP contribution in [0.4, 0.5) is 0 Å². The van der Waals surface area contributed by atoms with Crippen molar-refractivity contribution in [2.75, 3.05) is 0 Å². The highest BCUT2D eigenvalue weighted by Gasteiger charge is 2.24. The molecule has 0 spiro atoms. The second-order valence-electron chi connectivity index (χ2n) is 11.3. The molecule has 2 aromatic carbocycles. The molecule has 6 aromatic rings.